The number of aliphatic hydroxyl groups excluding tert-OH is 1. The topological polar surface area (TPSA) is 50.9 Å². The van der Waals surface area contributed by atoms with E-state index in [9.17, 15) is 5.11 Å². The third-order valence-corrected chi connectivity index (χ3v) is 3.47. The summed E-state index contributed by atoms with van der Waals surface area (Å²) in [6.45, 7) is 2.91. The summed E-state index contributed by atoms with van der Waals surface area (Å²) >= 11 is 0. The van der Waals surface area contributed by atoms with Crippen LogP contribution in [0.15, 0.2) is 48.9 Å². The molecule has 0 bridgehead atoms. The van der Waals surface area contributed by atoms with E-state index < -0.39 is 6.10 Å². The molecule has 0 saturated carbocycles. The summed E-state index contributed by atoms with van der Waals surface area (Å²) in [7, 11) is 0. The Morgan fingerprint density at radius 1 is 1.20 bits per heavy atom. The van der Waals surface area contributed by atoms with Gasteiger partial charge in [0.1, 0.15) is 6.10 Å². The van der Waals surface area contributed by atoms with Gasteiger partial charge in [0, 0.05) is 30.5 Å². The van der Waals surface area contributed by atoms with Crippen molar-refractivity contribution in [3.63, 3.8) is 0 Å². The van der Waals surface area contributed by atoms with E-state index in [-0.39, 0.29) is 0 Å². The minimum atomic E-state index is -0.671. The fraction of sp³-hybridized carbons (Fsp3) is 0.250. The molecule has 1 unspecified atom stereocenters. The van der Waals surface area contributed by atoms with Crippen LogP contribution in [-0.2, 0) is 6.54 Å². The van der Waals surface area contributed by atoms with Crippen LogP contribution < -0.4 is 0 Å². The molecule has 0 aliphatic carbocycles. The Bertz CT molecular complexity index is 715. The first-order valence-electron chi connectivity index (χ1n) is 6.83. The SMILES string of the molecule is CCCn1nccc1C(O)c1cccc2cnccc12. The summed E-state index contributed by atoms with van der Waals surface area (Å²) in [5, 5.41) is 17.0. The Morgan fingerprint density at radius 2 is 2.10 bits per heavy atom. The van der Waals surface area contributed by atoms with Crippen LogP contribution in [-0.4, -0.2) is 19.9 Å². The molecule has 0 aliphatic rings. The molecule has 3 rings (SSSR count). The minimum absolute atomic E-state index is 0.671. The molecule has 1 aromatic carbocycles. The van der Waals surface area contributed by atoms with Gasteiger partial charge in [-0.25, -0.2) is 0 Å². The van der Waals surface area contributed by atoms with Crippen LogP contribution in [0, 0.1) is 0 Å². The average molecular weight is 267 g/mol. The first-order valence-corrected chi connectivity index (χ1v) is 6.83. The first-order chi connectivity index (χ1) is 9.81. The number of aryl methyl sites for hydroxylation is 1. The summed E-state index contributed by atoms with van der Waals surface area (Å²) in [5.74, 6) is 0. The summed E-state index contributed by atoms with van der Waals surface area (Å²) in [5.41, 5.74) is 1.72. The fourth-order valence-corrected chi connectivity index (χ4v) is 2.52. The van der Waals surface area contributed by atoms with Gasteiger partial charge in [0.05, 0.1) is 5.69 Å². The van der Waals surface area contributed by atoms with Crippen molar-refractivity contribution >= 4 is 10.8 Å². The lowest BCUT2D eigenvalue weighted by Crippen LogP contribution is -2.10. The van der Waals surface area contributed by atoms with E-state index in [1.54, 1.807) is 12.4 Å². The van der Waals surface area contributed by atoms with E-state index in [2.05, 4.69) is 17.0 Å². The summed E-state index contributed by atoms with van der Waals surface area (Å²) in [4.78, 5) is 4.12. The van der Waals surface area contributed by atoms with Crippen LogP contribution in [0.5, 0.6) is 0 Å². The molecule has 2 heterocycles. The highest BCUT2D eigenvalue weighted by Gasteiger charge is 2.17. The van der Waals surface area contributed by atoms with Crippen LogP contribution in [0.2, 0.25) is 0 Å². The van der Waals surface area contributed by atoms with Crippen molar-refractivity contribution in [2.75, 3.05) is 0 Å². The Hall–Kier alpha value is -2.20. The zero-order valence-corrected chi connectivity index (χ0v) is 11.4. The lowest BCUT2D eigenvalue weighted by molar-refractivity contribution is 0.209. The maximum absolute atomic E-state index is 10.7. The van der Waals surface area contributed by atoms with Crippen LogP contribution in [0.1, 0.15) is 30.7 Å². The molecule has 102 valence electrons. The molecule has 4 nitrogen and oxygen atoms in total. The van der Waals surface area contributed by atoms with Gasteiger partial charge in [-0.1, -0.05) is 25.1 Å². The quantitative estimate of drug-likeness (QED) is 0.790. The van der Waals surface area contributed by atoms with Crippen molar-refractivity contribution in [2.45, 2.75) is 26.0 Å². The standard InChI is InChI=1S/C16H17N3O/c1-2-10-19-15(7-9-18-19)16(20)14-5-3-4-12-11-17-8-6-13(12)14/h3-9,11,16,20H,2,10H2,1H3. The Kier molecular flexibility index (Phi) is 3.48. The molecular formula is C16H17N3O. The smallest absolute Gasteiger partial charge is 0.121 e. The van der Waals surface area contributed by atoms with Crippen LogP contribution in [0.25, 0.3) is 10.8 Å². The predicted octanol–water partition coefficient (Wildman–Crippen LogP) is 2.92. The van der Waals surface area contributed by atoms with Crippen molar-refractivity contribution in [3.8, 4) is 0 Å². The number of hydrogen-bond acceptors (Lipinski definition) is 3. The lowest BCUT2D eigenvalue weighted by atomic mass is 10.00. The van der Waals surface area contributed by atoms with Gasteiger partial charge in [-0.2, -0.15) is 5.10 Å². The fourth-order valence-electron chi connectivity index (χ4n) is 2.52. The molecule has 0 radical (unpaired) electrons. The Morgan fingerprint density at radius 3 is 2.95 bits per heavy atom. The highest BCUT2D eigenvalue weighted by atomic mass is 16.3. The van der Waals surface area contributed by atoms with E-state index in [1.807, 2.05) is 41.2 Å². The molecule has 0 spiro atoms. The number of hydrogen-bond donors (Lipinski definition) is 1. The largest absolute Gasteiger partial charge is 0.382 e. The maximum Gasteiger partial charge on any atom is 0.121 e. The number of aliphatic hydroxyl groups is 1. The maximum atomic E-state index is 10.7. The number of aromatic nitrogens is 3. The molecule has 0 aliphatic heterocycles. The van der Waals surface area contributed by atoms with E-state index in [0.29, 0.717) is 0 Å². The molecular weight excluding hydrogens is 250 g/mol. The molecule has 20 heavy (non-hydrogen) atoms. The van der Waals surface area contributed by atoms with E-state index in [1.165, 1.54) is 0 Å². The van der Waals surface area contributed by atoms with E-state index in [0.717, 1.165) is 35.0 Å². The zero-order valence-electron chi connectivity index (χ0n) is 11.4. The van der Waals surface area contributed by atoms with Crippen molar-refractivity contribution in [3.05, 3.63) is 60.2 Å². The normalized spacial score (nSPS) is 12.7. The number of nitrogens with zero attached hydrogens (tertiary/aromatic N) is 3. The molecule has 1 atom stereocenters. The van der Waals surface area contributed by atoms with Crippen LogP contribution >= 0.6 is 0 Å². The van der Waals surface area contributed by atoms with Gasteiger partial charge < -0.3 is 5.11 Å². The van der Waals surface area contributed by atoms with Gasteiger partial charge in [0.25, 0.3) is 0 Å². The predicted molar refractivity (Wildman–Crippen MR) is 78.3 cm³/mol. The lowest BCUT2D eigenvalue weighted by Gasteiger charge is -2.15. The number of rotatable bonds is 4. The highest BCUT2D eigenvalue weighted by Crippen LogP contribution is 2.28. The average Bonchev–Trinajstić information content (AvgIpc) is 2.94. The molecule has 0 amide bonds. The molecule has 0 saturated heterocycles. The van der Waals surface area contributed by atoms with Gasteiger partial charge in [0.2, 0.25) is 0 Å². The van der Waals surface area contributed by atoms with Crippen LogP contribution in [0.4, 0.5) is 0 Å². The van der Waals surface area contributed by atoms with Gasteiger partial charge in [-0.3, -0.25) is 9.67 Å². The number of fused-ring (bicyclic) bond motifs is 1. The number of pyridine rings is 1. The Balaban J connectivity index is 2.08. The van der Waals surface area contributed by atoms with Gasteiger partial charge in [0.15, 0.2) is 0 Å². The van der Waals surface area contributed by atoms with Gasteiger partial charge >= 0.3 is 0 Å². The van der Waals surface area contributed by atoms with Gasteiger partial charge in [-0.05, 0) is 29.5 Å². The van der Waals surface area contributed by atoms with Crippen molar-refractivity contribution in [1.82, 2.24) is 14.8 Å². The first kappa shape index (κ1) is 12.8. The molecule has 2 aromatic heterocycles. The summed E-state index contributed by atoms with van der Waals surface area (Å²) in [6, 6.07) is 9.72. The second kappa shape index (κ2) is 5.43. The highest BCUT2D eigenvalue weighted by molar-refractivity contribution is 5.85. The van der Waals surface area contributed by atoms with Crippen molar-refractivity contribution in [2.24, 2.45) is 0 Å². The second-order valence-electron chi connectivity index (χ2n) is 4.83. The zero-order chi connectivity index (χ0) is 13.9. The summed E-state index contributed by atoms with van der Waals surface area (Å²) < 4.78 is 1.87. The molecule has 4 heteroatoms. The summed E-state index contributed by atoms with van der Waals surface area (Å²) in [6.07, 6.45) is 5.62. The number of benzene rings is 1. The Labute approximate surface area is 117 Å². The monoisotopic (exact) mass is 267 g/mol. The third-order valence-electron chi connectivity index (χ3n) is 3.47. The van der Waals surface area contributed by atoms with Crippen LogP contribution in [0.3, 0.4) is 0 Å². The van der Waals surface area contributed by atoms with Gasteiger partial charge in [-0.15, -0.1) is 0 Å². The minimum Gasteiger partial charge on any atom is -0.382 e. The van der Waals surface area contributed by atoms with Crippen molar-refractivity contribution in [1.29, 1.82) is 0 Å². The molecule has 3 aromatic rings. The van der Waals surface area contributed by atoms with E-state index in [4.69, 9.17) is 0 Å². The van der Waals surface area contributed by atoms with Crippen molar-refractivity contribution < 1.29 is 5.11 Å². The molecule has 1 N–H and O–H groups in total. The third kappa shape index (κ3) is 2.18. The molecule has 0 fully saturated rings. The second-order valence-corrected chi connectivity index (χ2v) is 4.83. The van der Waals surface area contributed by atoms with E-state index >= 15 is 0 Å².